The van der Waals surface area contributed by atoms with Gasteiger partial charge in [0.1, 0.15) is 5.82 Å². The van der Waals surface area contributed by atoms with Crippen LogP contribution in [-0.4, -0.2) is 4.98 Å². The van der Waals surface area contributed by atoms with E-state index in [0.717, 1.165) is 18.4 Å². The van der Waals surface area contributed by atoms with Crippen molar-refractivity contribution in [3.05, 3.63) is 33.7 Å². The van der Waals surface area contributed by atoms with Gasteiger partial charge in [0.15, 0.2) is 0 Å². The van der Waals surface area contributed by atoms with Crippen molar-refractivity contribution >= 4 is 26.8 Å². The lowest BCUT2D eigenvalue weighted by Gasteiger charge is -2.10. The molecule has 1 aliphatic rings. The summed E-state index contributed by atoms with van der Waals surface area (Å²) in [7, 11) is 0. The summed E-state index contributed by atoms with van der Waals surface area (Å²) in [5.41, 5.74) is 3.62. The van der Waals surface area contributed by atoms with Gasteiger partial charge in [0.05, 0.1) is 4.47 Å². The number of aryl methyl sites for hydroxylation is 2. The predicted molar refractivity (Wildman–Crippen MR) is 62.6 cm³/mol. The topological polar surface area (TPSA) is 15.8 Å². The van der Waals surface area contributed by atoms with Gasteiger partial charge in [-0.3, -0.25) is 0 Å². The number of halogens is 2. The van der Waals surface area contributed by atoms with E-state index >= 15 is 0 Å². The first-order valence-electron chi connectivity index (χ1n) is 5.24. The lowest BCUT2D eigenvalue weighted by atomic mass is 9.96. The van der Waals surface area contributed by atoms with Gasteiger partial charge in [0.2, 0.25) is 0 Å². The van der Waals surface area contributed by atoms with Gasteiger partial charge in [-0.1, -0.05) is 0 Å². The smallest absolute Gasteiger partial charge is 0.139 e. The minimum Gasteiger partial charge on any atom is -0.358 e. The van der Waals surface area contributed by atoms with Crippen molar-refractivity contribution in [1.29, 1.82) is 0 Å². The normalized spacial score (nSPS) is 15.6. The second-order valence-electron chi connectivity index (χ2n) is 4.10. The molecule has 0 spiro atoms. The van der Waals surface area contributed by atoms with Crippen LogP contribution in [0.3, 0.4) is 0 Å². The average Bonchev–Trinajstić information content (AvgIpc) is 2.57. The first-order chi connectivity index (χ1) is 7.25. The van der Waals surface area contributed by atoms with E-state index in [4.69, 9.17) is 0 Å². The molecule has 78 valence electrons. The number of aromatic nitrogens is 1. The Hall–Kier alpha value is -0.830. The fourth-order valence-corrected chi connectivity index (χ4v) is 2.75. The fourth-order valence-electron chi connectivity index (χ4n) is 2.40. The summed E-state index contributed by atoms with van der Waals surface area (Å²) in [6.45, 7) is 0. The van der Waals surface area contributed by atoms with Crippen LogP contribution in [0.25, 0.3) is 10.9 Å². The summed E-state index contributed by atoms with van der Waals surface area (Å²) >= 11 is 3.24. The molecule has 1 aliphatic carbocycles. The largest absolute Gasteiger partial charge is 0.358 e. The third kappa shape index (κ3) is 1.41. The molecule has 0 saturated carbocycles. The highest BCUT2D eigenvalue weighted by atomic mass is 79.9. The zero-order chi connectivity index (χ0) is 10.4. The summed E-state index contributed by atoms with van der Waals surface area (Å²) in [5, 5.41) is 1.18. The summed E-state index contributed by atoms with van der Waals surface area (Å²) < 4.78 is 13.9. The van der Waals surface area contributed by atoms with Crippen LogP contribution in [-0.2, 0) is 12.8 Å². The van der Waals surface area contributed by atoms with E-state index in [9.17, 15) is 4.39 Å². The molecule has 3 rings (SSSR count). The van der Waals surface area contributed by atoms with E-state index < -0.39 is 0 Å². The molecule has 0 aliphatic heterocycles. The van der Waals surface area contributed by atoms with E-state index in [1.54, 1.807) is 6.07 Å². The Morgan fingerprint density at radius 2 is 2.00 bits per heavy atom. The number of aromatic amines is 1. The molecule has 0 atom stereocenters. The van der Waals surface area contributed by atoms with Crippen molar-refractivity contribution in [2.45, 2.75) is 25.7 Å². The third-order valence-electron chi connectivity index (χ3n) is 3.14. The van der Waals surface area contributed by atoms with E-state index in [2.05, 4.69) is 20.9 Å². The summed E-state index contributed by atoms with van der Waals surface area (Å²) in [4.78, 5) is 3.32. The van der Waals surface area contributed by atoms with Crippen LogP contribution in [0.2, 0.25) is 0 Å². The maximum atomic E-state index is 13.3. The Morgan fingerprint density at radius 3 is 2.87 bits per heavy atom. The van der Waals surface area contributed by atoms with Crippen LogP contribution < -0.4 is 0 Å². The van der Waals surface area contributed by atoms with E-state index in [0.29, 0.717) is 4.47 Å². The quantitative estimate of drug-likeness (QED) is 0.744. The van der Waals surface area contributed by atoms with Crippen LogP contribution in [0, 0.1) is 5.82 Å². The zero-order valence-electron chi connectivity index (χ0n) is 8.24. The maximum absolute atomic E-state index is 13.3. The van der Waals surface area contributed by atoms with Crippen LogP contribution in [0.1, 0.15) is 24.1 Å². The number of fused-ring (bicyclic) bond motifs is 3. The molecular weight excluding hydrogens is 257 g/mol. The summed E-state index contributed by atoms with van der Waals surface area (Å²) in [6.07, 6.45) is 4.70. The Kier molecular flexibility index (Phi) is 2.09. The highest BCUT2D eigenvalue weighted by Gasteiger charge is 2.16. The first-order valence-corrected chi connectivity index (χ1v) is 6.03. The van der Waals surface area contributed by atoms with Gasteiger partial charge < -0.3 is 4.98 Å². The molecule has 3 heteroatoms. The van der Waals surface area contributed by atoms with E-state index in [-0.39, 0.29) is 5.82 Å². The van der Waals surface area contributed by atoms with E-state index in [1.807, 2.05) is 6.07 Å². The highest BCUT2D eigenvalue weighted by molar-refractivity contribution is 9.10. The summed E-state index contributed by atoms with van der Waals surface area (Å²) in [5.74, 6) is -0.193. The van der Waals surface area contributed by atoms with Gasteiger partial charge in [0, 0.05) is 16.6 Å². The zero-order valence-corrected chi connectivity index (χ0v) is 9.83. The van der Waals surface area contributed by atoms with Crippen molar-refractivity contribution in [1.82, 2.24) is 4.98 Å². The number of rotatable bonds is 0. The number of benzene rings is 1. The molecule has 2 aromatic rings. The van der Waals surface area contributed by atoms with Crippen molar-refractivity contribution in [3.8, 4) is 0 Å². The van der Waals surface area contributed by atoms with Crippen molar-refractivity contribution in [2.24, 2.45) is 0 Å². The molecule has 0 amide bonds. The molecule has 1 nitrogen and oxygen atoms in total. The molecule has 0 bridgehead atoms. The standard InChI is InChI=1S/C12H11BrFN/c13-9-5-8-7-3-1-2-4-11(7)15-12(8)6-10(9)14/h5-6,15H,1-4H2. The lowest BCUT2D eigenvalue weighted by molar-refractivity contribution is 0.623. The summed E-state index contributed by atoms with van der Waals surface area (Å²) in [6, 6.07) is 3.48. The van der Waals surface area contributed by atoms with Crippen LogP contribution in [0.5, 0.6) is 0 Å². The molecule has 0 radical (unpaired) electrons. The molecule has 1 heterocycles. The molecule has 15 heavy (non-hydrogen) atoms. The van der Waals surface area contributed by atoms with Gasteiger partial charge in [-0.2, -0.15) is 0 Å². The Labute approximate surface area is 95.8 Å². The molecule has 0 saturated heterocycles. The van der Waals surface area contributed by atoms with Crippen molar-refractivity contribution in [2.75, 3.05) is 0 Å². The third-order valence-corrected chi connectivity index (χ3v) is 3.75. The molecular formula is C12H11BrFN. The molecule has 0 unspecified atom stereocenters. The maximum Gasteiger partial charge on any atom is 0.139 e. The molecule has 1 aromatic heterocycles. The van der Waals surface area contributed by atoms with Crippen LogP contribution in [0.4, 0.5) is 4.39 Å². The van der Waals surface area contributed by atoms with Crippen LogP contribution >= 0.6 is 15.9 Å². The number of hydrogen-bond acceptors (Lipinski definition) is 0. The van der Waals surface area contributed by atoms with Gasteiger partial charge in [-0.15, -0.1) is 0 Å². The van der Waals surface area contributed by atoms with Gasteiger partial charge in [-0.05, 0) is 59.3 Å². The minimum absolute atomic E-state index is 0.193. The second kappa shape index (κ2) is 3.34. The van der Waals surface area contributed by atoms with Crippen LogP contribution in [0.15, 0.2) is 16.6 Å². The van der Waals surface area contributed by atoms with Gasteiger partial charge in [0.25, 0.3) is 0 Å². The Bertz CT molecular complexity index is 530. The van der Waals surface area contributed by atoms with E-state index in [1.165, 1.54) is 29.5 Å². The van der Waals surface area contributed by atoms with Crippen molar-refractivity contribution < 1.29 is 4.39 Å². The Balaban J connectivity index is 2.33. The van der Waals surface area contributed by atoms with Gasteiger partial charge >= 0.3 is 0 Å². The molecule has 1 N–H and O–H groups in total. The van der Waals surface area contributed by atoms with Gasteiger partial charge in [-0.25, -0.2) is 4.39 Å². The average molecular weight is 268 g/mol. The monoisotopic (exact) mass is 267 g/mol. The molecule has 1 aromatic carbocycles. The lowest BCUT2D eigenvalue weighted by Crippen LogP contribution is -1.99. The number of nitrogens with one attached hydrogen (secondary N) is 1. The fraction of sp³-hybridized carbons (Fsp3) is 0.333. The first kappa shape index (κ1) is 9.40. The number of hydrogen-bond donors (Lipinski definition) is 1. The second-order valence-corrected chi connectivity index (χ2v) is 4.96. The number of H-pyrrole nitrogens is 1. The highest BCUT2D eigenvalue weighted by Crippen LogP contribution is 2.31. The Morgan fingerprint density at radius 1 is 1.20 bits per heavy atom. The SMILES string of the molecule is Fc1cc2[nH]c3c(c2cc1Br)CCCC3. The predicted octanol–water partition coefficient (Wildman–Crippen LogP) is 3.95. The minimum atomic E-state index is -0.193. The van der Waals surface area contributed by atoms with Crippen molar-refractivity contribution in [3.63, 3.8) is 0 Å². The molecule has 0 fully saturated rings.